The van der Waals surface area contributed by atoms with Crippen molar-refractivity contribution in [1.29, 1.82) is 0 Å². The lowest BCUT2D eigenvalue weighted by Crippen LogP contribution is -2.46. The van der Waals surface area contributed by atoms with Crippen LogP contribution >= 0.6 is 0 Å². The highest BCUT2D eigenvalue weighted by Gasteiger charge is 2.15. The molecule has 4 nitrogen and oxygen atoms in total. The zero-order valence-electron chi connectivity index (χ0n) is 11.7. The molecule has 0 aliphatic heterocycles. The molecule has 0 radical (unpaired) electrons. The summed E-state index contributed by atoms with van der Waals surface area (Å²) in [6.45, 7) is 3.74. The van der Waals surface area contributed by atoms with E-state index in [1.807, 2.05) is 6.92 Å². The summed E-state index contributed by atoms with van der Waals surface area (Å²) in [5.41, 5.74) is 5.67. The van der Waals surface area contributed by atoms with Crippen molar-refractivity contribution in [2.24, 2.45) is 5.73 Å². The lowest BCUT2D eigenvalue weighted by atomic mass is 10.1. The molecule has 1 aromatic rings. The summed E-state index contributed by atoms with van der Waals surface area (Å²) in [7, 11) is 0. The highest BCUT2D eigenvalue weighted by Crippen LogP contribution is 2.17. The summed E-state index contributed by atoms with van der Waals surface area (Å²) in [6, 6.07) is 2.19. The minimum absolute atomic E-state index is 0.0506. The van der Waals surface area contributed by atoms with E-state index in [1.165, 1.54) is 6.07 Å². The number of halogens is 2. The molecule has 2 atom stereocenters. The maximum atomic E-state index is 13.3. The first-order valence-corrected chi connectivity index (χ1v) is 6.57. The van der Waals surface area contributed by atoms with E-state index in [9.17, 15) is 13.6 Å². The highest BCUT2D eigenvalue weighted by atomic mass is 19.1. The van der Waals surface area contributed by atoms with Gasteiger partial charge in [0.2, 0.25) is 5.91 Å². The molecule has 1 rings (SSSR count). The fourth-order valence-electron chi connectivity index (χ4n) is 1.64. The number of hydrogen-bond acceptors (Lipinski definition) is 3. The third-order valence-corrected chi connectivity index (χ3v) is 2.71. The molecule has 20 heavy (non-hydrogen) atoms. The number of carbonyl (C=O) groups is 1. The molecule has 0 heterocycles. The molecule has 0 aliphatic rings. The van der Waals surface area contributed by atoms with Crippen molar-refractivity contribution in [1.82, 2.24) is 5.32 Å². The van der Waals surface area contributed by atoms with E-state index < -0.39 is 17.7 Å². The summed E-state index contributed by atoms with van der Waals surface area (Å²) in [6.07, 6.45) is 1.42. The van der Waals surface area contributed by atoms with Crippen LogP contribution < -0.4 is 15.8 Å². The topological polar surface area (TPSA) is 64.4 Å². The number of amides is 1. The van der Waals surface area contributed by atoms with Crippen molar-refractivity contribution in [3.05, 3.63) is 29.8 Å². The van der Waals surface area contributed by atoms with Gasteiger partial charge >= 0.3 is 0 Å². The molecule has 0 saturated heterocycles. The summed E-state index contributed by atoms with van der Waals surface area (Å²) in [4.78, 5) is 11.7. The fraction of sp³-hybridized carbons (Fsp3) is 0.500. The van der Waals surface area contributed by atoms with Crippen LogP contribution in [0.2, 0.25) is 0 Å². The van der Waals surface area contributed by atoms with Gasteiger partial charge < -0.3 is 15.8 Å². The van der Waals surface area contributed by atoms with Crippen LogP contribution in [0.1, 0.15) is 26.7 Å². The van der Waals surface area contributed by atoms with Gasteiger partial charge in [-0.25, -0.2) is 8.78 Å². The molecule has 1 amide bonds. The van der Waals surface area contributed by atoms with Gasteiger partial charge in [0, 0.05) is 6.07 Å². The van der Waals surface area contributed by atoms with Crippen molar-refractivity contribution >= 4 is 5.91 Å². The van der Waals surface area contributed by atoms with Crippen LogP contribution in [0.3, 0.4) is 0 Å². The Balaban J connectivity index is 2.43. The Morgan fingerprint density at radius 1 is 1.45 bits per heavy atom. The first-order chi connectivity index (χ1) is 9.43. The van der Waals surface area contributed by atoms with Gasteiger partial charge in [0.1, 0.15) is 12.4 Å². The second-order valence-corrected chi connectivity index (χ2v) is 4.69. The molecule has 0 bridgehead atoms. The van der Waals surface area contributed by atoms with Crippen LogP contribution in [-0.2, 0) is 4.79 Å². The largest absolute Gasteiger partial charge is 0.488 e. The summed E-state index contributed by atoms with van der Waals surface area (Å²) >= 11 is 0. The Kier molecular flexibility index (Phi) is 6.38. The number of nitrogens with two attached hydrogens (primary N) is 1. The lowest BCUT2D eigenvalue weighted by Gasteiger charge is -2.18. The number of rotatable bonds is 7. The smallest absolute Gasteiger partial charge is 0.237 e. The van der Waals surface area contributed by atoms with Crippen LogP contribution in [-0.4, -0.2) is 24.6 Å². The van der Waals surface area contributed by atoms with Gasteiger partial charge in [-0.2, -0.15) is 0 Å². The van der Waals surface area contributed by atoms with E-state index in [4.69, 9.17) is 10.5 Å². The number of ether oxygens (including phenoxy) is 1. The second-order valence-electron chi connectivity index (χ2n) is 4.69. The van der Waals surface area contributed by atoms with Crippen molar-refractivity contribution in [3.8, 4) is 5.75 Å². The van der Waals surface area contributed by atoms with Crippen molar-refractivity contribution in [3.63, 3.8) is 0 Å². The van der Waals surface area contributed by atoms with Gasteiger partial charge in [0.05, 0.1) is 12.1 Å². The molecule has 0 aromatic heterocycles. The average molecular weight is 286 g/mol. The summed E-state index contributed by atoms with van der Waals surface area (Å²) in [5, 5.41) is 2.68. The molecule has 1 aromatic carbocycles. The zero-order valence-corrected chi connectivity index (χ0v) is 11.7. The molecule has 0 fully saturated rings. The molecule has 0 aliphatic carbocycles. The Bertz CT molecular complexity index is 455. The predicted octanol–water partition coefficient (Wildman–Crippen LogP) is 1.98. The van der Waals surface area contributed by atoms with Gasteiger partial charge in [-0.3, -0.25) is 4.79 Å². The quantitative estimate of drug-likeness (QED) is 0.805. The third kappa shape index (κ3) is 5.13. The first kappa shape index (κ1) is 16.4. The zero-order chi connectivity index (χ0) is 15.1. The second kappa shape index (κ2) is 7.79. The van der Waals surface area contributed by atoms with E-state index in [-0.39, 0.29) is 24.3 Å². The van der Waals surface area contributed by atoms with Gasteiger partial charge in [0.15, 0.2) is 11.6 Å². The van der Waals surface area contributed by atoms with E-state index in [0.717, 1.165) is 18.6 Å². The number of carbonyl (C=O) groups excluding carboxylic acids is 1. The lowest BCUT2D eigenvalue weighted by molar-refractivity contribution is -0.123. The first-order valence-electron chi connectivity index (χ1n) is 6.57. The van der Waals surface area contributed by atoms with Crippen molar-refractivity contribution in [2.45, 2.75) is 38.8 Å². The molecule has 6 heteroatoms. The highest BCUT2D eigenvalue weighted by molar-refractivity contribution is 5.81. The van der Waals surface area contributed by atoms with E-state index in [0.29, 0.717) is 6.42 Å². The van der Waals surface area contributed by atoms with Crippen LogP contribution in [0.4, 0.5) is 8.78 Å². The van der Waals surface area contributed by atoms with Gasteiger partial charge in [-0.1, -0.05) is 13.3 Å². The predicted molar refractivity (Wildman–Crippen MR) is 72.3 cm³/mol. The van der Waals surface area contributed by atoms with Gasteiger partial charge in [-0.15, -0.1) is 0 Å². The van der Waals surface area contributed by atoms with Crippen LogP contribution in [0, 0.1) is 11.6 Å². The van der Waals surface area contributed by atoms with E-state index in [2.05, 4.69) is 5.32 Å². The molecule has 2 unspecified atom stereocenters. The van der Waals surface area contributed by atoms with Crippen LogP contribution in [0.5, 0.6) is 5.75 Å². The summed E-state index contributed by atoms with van der Waals surface area (Å²) < 4.78 is 31.2. The molecule has 112 valence electrons. The maximum Gasteiger partial charge on any atom is 0.237 e. The normalized spacial score (nSPS) is 13.7. The molecular weight excluding hydrogens is 266 g/mol. The average Bonchev–Trinajstić information content (AvgIpc) is 2.37. The Hall–Kier alpha value is -1.69. The molecule has 3 N–H and O–H groups in total. The number of benzene rings is 1. The fourth-order valence-corrected chi connectivity index (χ4v) is 1.64. The number of nitrogens with one attached hydrogen (secondary N) is 1. The molecular formula is C14H20F2N2O2. The van der Waals surface area contributed by atoms with Crippen LogP contribution in [0.15, 0.2) is 18.2 Å². The Morgan fingerprint density at radius 3 is 2.75 bits per heavy atom. The monoisotopic (exact) mass is 286 g/mol. The molecule has 0 saturated carbocycles. The Labute approximate surface area is 117 Å². The van der Waals surface area contributed by atoms with Gasteiger partial charge in [-0.05, 0) is 25.5 Å². The SMILES string of the molecule is CCCC(N)C(=O)NC(C)COc1ccc(F)cc1F. The number of hydrogen-bond donors (Lipinski definition) is 2. The van der Waals surface area contributed by atoms with Crippen molar-refractivity contribution < 1.29 is 18.3 Å². The third-order valence-electron chi connectivity index (χ3n) is 2.71. The van der Waals surface area contributed by atoms with Gasteiger partial charge in [0.25, 0.3) is 0 Å². The van der Waals surface area contributed by atoms with E-state index >= 15 is 0 Å². The van der Waals surface area contributed by atoms with E-state index in [1.54, 1.807) is 6.92 Å². The molecule has 0 spiro atoms. The van der Waals surface area contributed by atoms with Crippen LogP contribution in [0.25, 0.3) is 0 Å². The summed E-state index contributed by atoms with van der Waals surface area (Å²) in [5.74, 6) is -1.75. The van der Waals surface area contributed by atoms with Crippen molar-refractivity contribution in [2.75, 3.05) is 6.61 Å². The Morgan fingerprint density at radius 2 is 2.15 bits per heavy atom. The minimum Gasteiger partial charge on any atom is -0.488 e. The maximum absolute atomic E-state index is 13.3. The standard InChI is InChI=1S/C14H20F2N2O2/c1-3-4-12(17)14(19)18-9(2)8-20-13-6-5-10(15)7-11(13)16/h5-7,9,12H,3-4,8,17H2,1-2H3,(H,18,19). The minimum atomic E-state index is -0.772.